The van der Waals surface area contributed by atoms with Crippen LogP contribution in [0.2, 0.25) is 0 Å². The second-order valence-corrected chi connectivity index (χ2v) is 6.35. The topological polar surface area (TPSA) is 68.5 Å². The number of amides is 1. The standard InChI is InChI=1S/C17H17BrN4O2/c1-11(16-21-20-15-5-3-4-10-22(15)16)19-17(23)12(2)24-14-8-6-13(18)7-9-14/h3-12H,1-2H3,(H,19,23). The average molecular weight is 389 g/mol. The van der Waals surface area contributed by atoms with Gasteiger partial charge in [-0.1, -0.05) is 22.0 Å². The van der Waals surface area contributed by atoms with E-state index in [0.717, 1.165) is 10.1 Å². The van der Waals surface area contributed by atoms with E-state index in [9.17, 15) is 4.79 Å². The van der Waals surface area contributed by atoms with Crippen molar-refractivity contribution in [2.24, 2.45) is 0 Å². The number of hydrogen-bond acceptors (Lipinski definition) is 4. The quantitative estimate of drug-likeness (QED) is 0.728. The third-order valence-electron chi connectivity index (χ3n) is 3.58. The molecule has 124 valence electrons. The first-order valence-electron chi connectivity index (χ1n) is 7.57. The van der Waals surface area contributed by atoms with Crippen LogP contribution in [-0.2, 0) is 4.79 Å². The van der Waals surface area contributed by atoms with Gasteiger partial charge in [0.2, 0.25) is 0 Å². The van der Waals surface area contributed by atoms with Crippen LogP contribution in [0.5, 0.6) is 5.75 Å². The molecule has 0 radical (unpaired) electrons. The molecule has 0 aliphatic carbocycles. The molecule has 0 saturated carbocycles. The van der Waals surface area contributed by atoms with Crippen molar-refractivity contribution in [2.75, 3.05) is 0 Å². The van der Waals surface area contributed by atoms with Gasteiger partial charge in [0, 0.05) is 10.7 Å². The molecule has 0 fully saturated rings. The number of halogens is 1. The molecule has 2 atom stereocenters. The highest BCUT2D eigenvalue weighted by Gasteiger charge is 2.20. The minimum absolute atomic E-state index is 0.210. The van der Waals surface area contributed by atoms with E-state index in [-0.39, 0.29) is 11.9 Å². The zero-order chi connectivity index (χ0) is 17.1. The number of carbonyl (C=O) groups excluding carboxylic acids is 1. The Balaban J connectivity index is 1.66. The van der Waals surface area contributed by atoms with Gasteiger partial charge in [-0.25, -0.2) is 0 Å². The van der Waals surface area contributed by atoms with E-state index >= 15 is 0 Å². The normalized spacial score (nSPS) is 13.5. The van der Waals surface area contributed by atoms with Crippen LogP contribution in [0.4, 0.5) is 0 Å². The van der Waals surface area contributed by atoms with E-state index in [2.05, 4.69) is 31.4 Å². The molecule has 3 rings (SSSR count). The summed E-state index contributed by atoms with van der Waals surface area (Å²) in [5.74, 6) is 1.11. The summed E-state index contributed by atoms with van der Waals surface area (Å²) in [6, 6.07) is 12.7. The lowest BCUT2D eigenvalue weighted by molar-refractivity contribution is -0.128. The molecular weight excluding hydrogens is 372 g/mol. The van der Waals surface area contributed by atoms with Gasteiger partial charge in [0.25, 0.3) is 5.91 Å². The number of fused-ring (bicyclic) bond motifs is 1. The van der Waals surface area contributed by atoms with Crippen LogP contribution < -0.4 is 10.1 Å². The van der Waals surface area contributed by atoms with Gasteiger partial charge in [0.05, 0.1) is 6.04 Å². The average Bonchev–Trinajstić information content (AvgIpc) is 3.01. The highest BCUT2D eigenvalue weighted by atomic mass is 79.9. The van der Waals surface area contributed by atoms with Crippen LogP contribution in [0.25, 0.3) is 5.65 Å². The highest BCUT2D eigenvalue weighted by Crippen LogP contribution is 2.18. The molecule has 0 aliphatic heterocycles. The fourth-order valence-electron chi connectivity index (χ4n) is 2.32. The monoisotopic (exact) mass is 388 g/mol. The Kier molecular flexibility index (Phi) is 4.80. The molecule has 2 heterocycles. The first-order valence-corrected chi connectivity index (χ1v) is 8.36. The molecule has 0 saturated heterocycles. The molecule has 1 aromatic carbocycles. The van der Waals surface area contributed by atoms with Crippen LogP contribution in [0, 0.1) is 0 Å². The molecule has 3 aromatic rings. The van der Waals surface area contributed by atoms with E-state index in [4.69, 9.17) is 4.74 Å². The molecule has 0 aliphatic rings. The molecular formula is C17H17BrN4O2. The molecule has 7 heteroatoms. The number of ether oxygens (including phenoxy) is 1. The van der Waals surface area contributed by atoms with Crippen LogP contribution in [0.15, 0.2) is 53.1 Å². The van der Waals surface area contributed by atoms with Crippen molar-refractivity contribution >= 4 is 27.5 Å². The molecule has 24 heavy (non-hydrogen) atoms. The van der Waals surface area contributed by atoms with Gasteiger partial charge < -0.3 is 10.1 Å². The fraction of sp³-hybridized carbons (Fsp3) is 0.235. The third kappa shape index (κ3) is 3.56. The van der Waals surface area contributed by atoms with Crippen LogP contribution in [0.1, 0.15) is 25.7 Å². The second kappa shape index (κ2) is 7.00. The Labute approximate surface area is 148 Å². The molecule has 0 spiro atoms. The summed E-state index contributed by atoms with van der Waals surface area (Å²) in [6.07, 6.45) is 1.25. The number of aromatic nitrogens is 3. The zero-order valence-electron chi connectivity index (χ0n) is 13.3. The largest absolute Gasteiger partial charge is 0.481 e. The maximum absolute atomic E-state index is 12.4. The number of nitrogens with one attached hydrogen (secondary N) is 1. The van der Waals surface area contributed by atoms with E-state index in [1.165, 1.54) is 0 Å². The Morgan fingerprint density at radius 1 is 1.17 bits per heavy atom. The number of benzene rings is 1. The Morgan fingerprint density at radius 2 is 1.92 bits per heavy atom. The number of pyridine rings is 1. The molecule has 1 amide bonds. The van der Waals surface area contributed by atoms with Crippen LogP contribution in [-0.4, -0.2) is 26.6 Å². The van der Waals surface area contributed by atoms with Gasteiger partial charge in [-0.3, -0.25) is 9.20 Å². The summed E-state index contributed by atoms with van der Waals surface area (Å²) < 4.78 is 8.47. The fourth-order valence-corrected chi connectivity index (χ4v) is 2.59. The number of carbonyl (C=O) groups is 1. The Hall–Kier alpha value is -2.41. The van der Waals surface area contributed by atoms with Gasteiger partial charge in [-0.05, 0) is 50.2 Å². The predicted molar refractivity (Wildman–Crippen MR) is 93.8 cm³/mol. The molecule has 6 nitrogen and oxygen atoms in total. The maximum atomic E-state index is 12.4. The summed E-state index contributed by atoms with van der Waals surface area (Å²) in [7, 11) is 0. The zero-order valence-corrected chi connectivity index (χ0v) is 14.9. The van der Waals surface area contributed by atoms with E-state index < -0.39 is 6.10 Å². The number of hydrogen-bond donors (Lipinski definition) is 1. The van der Waals surface area contributed by atoms with E-state index in [0.29, 0.717) is 11.6 Å². The summed E-state index contributed by atoms with van der Waals surface area (Å²) >= 11 is 3.37. The van der Waals surface area contributed by atoms with Crippen molar-refractivity contribution in [3.05, 3.63) is 59.0 Å². The van der Waals surface area contributed by atoms with E-state index in [1.807, 2.05) is 60.0 Å². The van der Waals surface area contributed by atoms with E-state index in [1.54, 1.807) is 6.92 Å². The minimum Gasteiger partial charge on any atom is -0.481 e. The minimum atomic E-state index is -0.618. The number of nitrogens with zero attached hydrogens (tertiary/aromatic N) is 3. The summed E-state index contributed by atoms with van der Waals surface area (Å²) in [5.41, 5.74) is 0.743. The first-order chi connectivity index (χ1) is 11.5. The lowest BCUT2D eigenvalue weighted by Gasteiger charge is -2.18. The van der Waals surface area contributed by atoms with Gasteiger partial charge in [-0.15, -0.1) is 10.2 Å². The molecule has 2 unspecified atom stereocenters. The Morgan fingerprint density at radius 3 is 2.67 bits per heavy atom. The first kappa shape index (κ1) is 16.4. The second-order valence-electron chi connectivity index (χ2n) is 5.43. The Bertz CT molecular complexity index is 847. The highest BCUT2D eigenvalue weighted by molar-refractivity contribution is 9.10. The molecule has 1 N–H and O–H groups in total. The maximum Gasteiger partial charge on any atom is 0.261 e. The smallest absolute Gasteiger partial charge is 0.261 e. The molecule has 2 aromatic heterocycles. The van der Waals surface area contributed by atoms with Crippen molar-refractivity contribution in [2.45, 2.75) is 26.0 Å². The van der Waals surface area contributed by atoms with Gasteiger partial charge >= 0.3 is 0 Å². The summed E-state index contributed by atoms with van der Waals surface area (Å²) in [6.45, 7) is 3.58. The van der Waals surface area contributed by atoms with Crippen molar-refractivity contribution < 1.29 is 9.53 Å². The predicted octanol–water partition coefficient (Wildman–Crippen LogP) is 3.14. The van der Waals surface area contributed by atoms with Gasteiger partial charge in [0.1, 0.15) is 5.75 Å². The molecule has 0 bridgehead atoms. The summed E-state index contributed by atoms with van der Waals surface area (Å²) in [5, 5.41) is 11.2. The summed E-state index contributed by atoms with van der Waals surface area (Å²) in [4.78, 5) is 12.4. The van der Waals surface area contributed by atoms with Crippen LogP contribution in [0.3, 0.4) is 0 Å². The van der Waals surface area contributed by atoms with Crippen molar-refractivity contribution in [1.82, 2.24) is 19.9 Å². The van der Waals surface area contributed by atoms with Gasteiger partial charge in [-0.2, -0.15) is 0 Å². The lowest BCUT2D eigenvalue weighted by Crippen LogP contribution is -2.38. The lowest BCUT2D eigenvalue weighted by atomic mass is 10.2. The third-order valence-corrected chi connectivity index (χ3v) is 4.11. The van der Waals surface area contributed by atoms with Crippen LogP contribution >= 0.6 is 15.9 Å². The van der Waals surface area contributed by atoms with Crippen molar-refractivity contribution in [1.29, 1.82) is 0 Å². The van der Waals surface area contributed by atoms with Crippen molar-refractivity contribution in [3.63, 3.8) is 0 Å². The van der Waals surface area contributed by atoms with Gasteiger partial charge in [0.15, 0.2) is 17.6 Å². The van der Waals surface area contributed by atoms with Crippen molar-refractivity contribution in [3.8, 4) is 5.75 Å². The number of rotatable bonds is 5. The SMILES string of the molecule is CC(Oc1ccc(Br)cc1)C(=O)NC(C)c1nnc2ccccn12.